The third-order valence-corrected chi connectivity index (χ3v) is 4.63. The first-order chi connectivity index (χ1) is 9.10. The summed E-state index contributed by atoms with van der Waals surface area (Å²) in [5.41, 5.74) is 0.385. The highest BCUT2D eigenvalue weighted by atomic mass is 32.1. The molecular weight excluding hydrogens is 266 g/mol. The number of aromatic nitrogens is 1. The first-order valence-electron chi connectivity index (χ1n) is 6.23. The van der Waals surface area contributed by atoms with Crippen molar-refractivity contribution in [2.24, 2.45) is 17.8 Å². The molecule has 2 aliphatic rings. The van der Waals surface area contributed by atoms with Crippen LogP contribution in [-0.4, -0.2) is 46.5 Å². The van der Waals surface area contributed by atoms with Crippen molar-refractivity contribution in [1.82, 2.24) is 9.88 Å². The molecule has 0 aromatic carbocycles. The molecule has 1 saturated heterocycles. The lowest BCUT2D eigenvalue weighted by molar-refractivity contribution is -0.114. The van der Waals surface area contributed by atoms with Gasteiger partial charge in [0.2, 0.25) is 5.91 Å². The number of piperidine rings is 1. The highest BCUT2D eigenvalue weighted by molar-refractivity contribution is 7.14. The Morgan fingerprint density at radius 2 is 2.21 bits per heavy atom. The molecule has 1 aromatic heterocycles. The normalized spacial score (nSPS) is 28.1. The lowest BCUT2D eigenvalue weighted by Crippen LogP contribution is -2.32. The number of hydrogen-bond donors (Lipinski definition) is 2. The molecule has 2 amide bonds. The molecule has 3 rings (SSSR count). The van der Waals surface area contributed by atoms with E-state index in [9.17, 15) is 9.59 Å². The van der Waals surface area contributed by atoms with Crippen LogP contribution in [0.25, 0.3) is 0 Å². The van der Waals surface area contributed by atoms with Crippen molar-refractivity contribution in [3.63, 3.8) is 0 Å². The number of thiazole rings is 1. The van der Waals surface area contributed by atoms with Gasteiger partial charge in [-0.05, 0) is 17.8 Å². The molecule has 2 heterocycles. The van der Waals surface area contributed by atoms with E-state index in [-0.39, 0.29) is 18.4 Å². The van der Waals surface area contributed by atoms with Crippen LogP contribution in [-0.2, 0) is 4.79 Å². The number of carbonyl (C=O) groups excluding carboxylic acids is 2. The monoisotopic (exact) mass is 281 g/mol. The van der Waals surface area contributed by atoms with Crippen LogP contribution in [0.5, 0.6) is 0 Å². The molecule has 1 saturated carbocycles. The van der Waals surface area contributed by atoms with E-state index in [4.69, 9.17) is 5.11 Å². The number of fused-ring (bicyclic) bond motifs is 1. The van der Waals surface area contributed by atoms with Crippen molar-refractivity contribution in [1.29, 1.82) is 0 Å². The lowest BCUT2D eigenvalue weighted by Gasteiger charge is -2.18. The Labute approximate surface area is 114 Å². The van der Waals surface area contributed by atoms with Gasteiger partial charge in [-0.1, -0.05) is 0 Å². The standard InChI is InChI=1S/C12H15N3O3S/c1-6(17)13-12-14-10(5-19-12)11(18)15-2-7-8(3-15)9(7)4-16/h5,7-9,16H,2-4H2,1H3,(H,13,14,17)/t7-,8+,9?. The molecule has 3 atom stereocenters. The number of likely N-dealkylation sites (tertiary alicyclic amines) is 1. The van der Waals surface area contributed by atoms with Crippen molar-refractivity contribution in [2.75, 3.05) is 25.0 Å². The van der Waals surface area contributed by atoms with Gasteiger partial charge in [0.05, 0.1) is 0 Å². The fraction of sp³-hybridized carbons (Fsp3) is 0.583. The summed E-state index contributed by atoms with van der Waals surface area (Å²) < 4.78 is 0. The molecule has 2 fully saturated rings. The van der Waals surface area contributed by atoms with Gasteiger partial charge >= 0.3 is 0 Å². The molecule has 6 nitrogen and oxygen atoms in total. The number of aliphatic hydroxyl groups is 1. The molecular formula is C12H15N3O3S. The molecule has 1 aromatic rings. The summed E-state index contributed by atoms with van der Waals surface area (Å²) in [6.07, 6.45) is 0. The first-order valence-corrected chi connectivity index (χ1v) is 7.11. The minimum absolute atomic E-state index is 0.0864. The number of rotatable bonds is 3. The summed E-state index contributed by atoms with van der Waals surface area (Å²) >= 11 is 1.25. The Hall–Kier alpha value is -1.47. The van der Waals surface area contributed by atoms with Crippen molar-refractivity contribution in [3.05, 3.63) is 11.1 Å². The number of nitrogens with zero attached hydrogens (tertiary/aromatic N) is 2. The summed E-state index contributed by atoms with van der Waals surface area (Å²) in [5, 5.41) is 13.8. The largest absolute Gasteiger partial charge is 0.396 e. The van der Waals surface area contributed by atoms with E-state index in [1.807, 2.05) is 0 Å². The lowest BCUT2D eigenvalue weighted by atomic mass is 10.2. The maximum absolute atomic E-state index is 12.2. The Morgan fingerprint density at radius 1 is 1.53 bits per heavy atom. The minimum Gasteiger partial charge on any atom is -0.396 e. The second kappa shape index (κ2) is 4.57. The molecule has 1 aliphatic carbocycles. The average Bonchev–Trinajstić information content (AvgIpc) is 2.77. The fourth-order valence-corrected chi connectivity index (χ4v) is 3.56. The molecule has 2 N–H and O–H groups in total. The van der Waals surface area contributed by atoms with E-state index in [0.717, 1.165) is 0 Å². The van der Waals surface area contributed by atoms with Crippen LogP contribution < -0.4 is 5.32 Å². The van der Waals surface area contributed by atoms with Crippen LogP contribution >= 0.6 is 11.3 Å². The van der Waals surface area contributed by atoms with Crippen molar-refractivity contribution >= 4 is 28.3 Å². The van der Waals surface area contributed by atoms with Crippen molar-refractivity contribution in [3.8, 4) is 0 Å². The van der Waals surface area contributed by atoms with E-state index < -0.39 is 0 Å². The molecule has 1 aliphatic heterocycles. The maximum Gasteiger partial charge on any atom is 0.273 e. The van der Waals surface area contributed by atoms with Gasteiger partial charge < -0.3 is 15.3 Å². The topological polar surface area (TPSA) is 82.5 Å². The summed E-state index contributed by atoms with van der Waals surface area (Å²) in [4.78, 5) is 29.0. The van der Waals surface area contributed by atoms with E-state index >= 15 is 0 Å². The van der Waals surface area contributed by atoms with Gasteiger partial charge in [0.1, 0.15) is 5.69 Å². The Balaban J connectivity index is 1.62. The number of anilines is 1. The minimum atomic E-state index is -0.193. The smallest absolute Gasteiger partial charge is 0.273 e. The maximum atomic E-state index is 12.2. The van der Waals surface area contributed by atoms with E-state index in [0.29, 0.717) is 41.7 Å². The predicted molar refractivity (Wildman–Crippen MR) is 69.9 cm³/mol. The highest BCUT2D eigenvalue weighted by Crippen LogP contribution is 2.51. The van der Waals surface area contributed by atoms with E-state index in [1.165, 1.54) is 18.3 Å². The third kappa shape index (κ3) is 2.23. The van der Waals surface area contributed by atoms with Gasteiger partial charge in [0.15, 0.2) is 5.13 Å². The average molecular weight is 281 g/mol. The van der Waals surface area contributed by atoms with Crippen molar-refractivity contribution in [2.45, 2.75) is 6.92 Å². The van der Waals surface area contributed by atoms with Gasteiger partial charge in [0, 0.05) is 32.0 Å². The SMILES string of the molecule is CC(=O)Nc1nc(C(=O)N2C[C@@H]3C(CO)[C@@H]3C2)cs1. The predicted octanol–water partition coefficient (Wildman–Crippen LogP) is 0.412. The van der Waals surface area contributed by atoms with Gasteiger partial charge in [0.25, 0.3) is 5.91 Å². The quantitative estimate of drug-likeness (QED) is 0.841. The zero-order valence-corrected chi connectivity index (χ0v) is 11.3. The van der Waals surface area contributed by atoms with Crippen LogP contribution in [0.3, 0.4) is 0 Å². The molecule has 0 spiro atoms. The third-order valence-electron chi connectivity index (χ3n) is 3.88. The zero-order valence-electron chi connectivity index (χ0n) is 10.5. The molecule has 0 radical (unpaired) electrons. The number of carbonyl (C=O) groups is 2. The van der Waals surface area contributed by atoms with E-state index in [2.05, 4.69) is 10.3 Å². The Morgan fingerprint density at radius 3 is 2.79 bits per heavy atom. The number of aliphatic hydroxyl groups excluding tert-OH is 1. The van der Waals surface area contributed by atoms with Gasteiger partial charge in [-0.3, -0.25) is 9.59 Å². The summed E-state index contributed by atoms with van der Waals surface area (Å²) in [6.45, 7) is 3.05. The second-order valence-electron chi connectivity index (χ2n) is 5.10. The zero-order chi connectivity index (χ0) is 13.6. The van der Waals surface area contributed by atoms with Crippen LogP contribution in [0.4, 0.5) is 5.13 Å². The van der Waals surface area contributed by atoms with Gasteiger partial charge in [-0.2, -0.15) is 0 Å². The Bertz CT molecular complexity index is 518. The van der Waals surface area contributed by atoms with Gasteiger partial charge in [-0.25, -0.2) is 4.98 Å². The number of hydrogen-bond acceptors (Lipinski definition) is 5. The molecule has 7 heteroatoms. The molecule has 102 valence electrons. The molecule has 19 heavy (non-hydrogen) atoms. The second-order valence-corrected chi connectivity index (χ2v) is 5.96. The number of nitrogens with one attached hydrogen (secondary N) is 1. The molecule has 0 bridgehead atoms. The number of amides is 2. The summed E-state index contributed by atoms with van der Waals surface area (Å²) in [6, 6.07) is 0. The fourth-order valence-electron chi connectivity index (χ4n) is 2.83. The van der Waals surface area contributed by atoms with E-state index in [1.54, 1.807) is 10.3 Å². The summed E-state index contributed by atoms with van der Waals surface area (Å²) in [7, 11) is 0. The highest BCUT2D eigenvalue weighted by Gasteiger charge is 2.56. The van der Waals surface area contributed by atoms with Crippen LogP contribution in [0.2, 0.25) is 0 Å². The van der Waals surface area contributed by atoms with Crippen LogP contribution in [0.1, 0.15) is 17.4 Å². The first kappa shape index (κ1) is 12.6. The molecule has 1 unspecified atom stereocenters. The van der Waals surface area contributed by atoms with Crippen LogP contribution in [0.15, 0.2) is 5.38 Å². The summed E-state index contributed by atoms with van der Waals surface area (Å²) in [5.74, 6) is 1.03. The Kier molecular flexibility index (Phi) is 3.02. The van der Waals surface area contributed by atoms with Crippen molar-refractivity contribution < 1.29 is 14.7 Å². The van der Waals surface area contributed by atoms with Gasteiger partial charge in [-0.15, -0.1) is 11.3 Å². The van der Waals surface area contributed by atoms with Crippen LogP contribution in [0, 0.1) is 17.8 Å².